The van der Waals surface area contributed by atoms with Gasteiger partial charge in [-0.25, -0.2) is 8.42 Å². The Morgan fingerprint density at radius 3 is 2.00 bits per heavy atom. The van der Waals surface area contributed by atoms with E-state index in [0.717, 1.165) is 5.69 Å². The van der Waals surface area contributed by atoms with E-state index in [-0.39, 0.29) is 4.90 Å². The van der Waals surface area contributed by atoms with E-state index in [1.165, 1.54) is 50.7 Å². The van der Waals surface area contributed by atoms with Crippen LogP contribution in [0.3, 0.4) is 0 Å². The molecule has 2 aromatic carbocycles. The summed E-state index contributed by atoms with van der Waals surface area (Å²) in [5.41, 5.74) is 1.58. The molecule has 1 aliphatic rings. The maximum Gasteiger partial charge on any atom is 0.261 e. The summed E-state index contributed by atoms with van der Waals surface area (Å²) >= 11 is 0. The van der Waals surface area contributed by atoms with Gasteiger partial charge in [0.25, 0.3) is 10.0 Å². The van der Waals surface area contributed by atoms with Crippen LogP contribution in [-0.4, -0.2) is 21.6 Å². The Kier molecular flexibility index (Phi) is 6.04. The summed E-state index contributed by atoms with van der Waals surface area (Å²) in [5, 5.41) is 3.56. The van der Waals surface area contributed by atoms with Gasteiger partial charge in [0.15, 0.2) is 0 Å². The first-order valence-corrected chi connectivity index (χ1v) is 10.6. The maximum atomic E-state index is 12.5. The molecular formula is C20H26N2O3S. The van der Waals surface area contributed by atoms with Crippen molar-refractivity contribution in [3.8, 4) is 5.75 Å². The van der Waals surface area contributed by atoms with Gasteiger partial charge in [0.1, 0.15) is 5.75 Å². The van der Waals surface area contributed by atoms with Gasteiger partial charge in [0, 0.05) is 17.4 Å². The lowest BCUT2D eigenvalue weighted by Crippen LogP contribution is -2.18. The van der Waals surface area contributed by atoms with E-state index in [2.05, 4.69) is 10.0 Å². The van der Waals surface area contributed by atoms with Gasteiger partial charge in [0.05, 0.1) is 12.0 Å². The second-order valence-corrected chi connectivity index (χ2v) is 8.37. The van der Waals surface area contributed by atoms with E-state index in [9.17, 15) is 8.42 Å². The highest BCUT2D eigenvalue weighted by atomic mass is 32.2. The first-order chi connectivity index (χ1) is 12.6. The smallest absolute Gasteiger partial charge is 0.261 e. The molecule has 3 rings (SSSR count). The summed E-state index contributed by atoms with van der Waals surface area (Å²) in [4.78, 5) is 0.207. The Bertz CT molecular complexity index is 794. The molecule has 26 heavy (non-hydrogen) atoms. The Morgan fingerprint density at radius 2 is 1.42 bits per heavy atom. The van der Waals surface area contributed by atoms with Crippen LogP contribution in [0.15, 0.2) is 53.4 Å². The minimum atomic E-state index is -3.61. The quantitative estimate of drug-likeness (QED) is 0.724. The third-order valence-corrected chi connectivity index (χ3v) is 6.13. The number of rotatable bonds is 6. The topological polar surface area (TPSA) is 67.4 Å². The summed E-state index contributed by atoms with van der Waals surface area (Å²) in [5.74, 6) is 0.623. The molecule has 1 aliphatic carbocycles. The van der Waals surface area contributed by atoms with Gasteiger partial charge in [-0.3, -0.25) is 4.72 Å². The van der Waals surface area contributed by atoms with Crippen molar-refractivity contribution >= 4 is 21.4 Å². The fourth-order valence-corrected chi connectivity index (χ4v) is 4.32. The lowest BCUT2D eigenvalue weighted by molar-refractivity contribution is 0.414. The minimum Gasteiger partial charge on any atom is -0.497 e. The van der Waals surface area contributed by atoms with Crippen molar-refractivity contribution in [3.05, 3.63) is 48.5 Å². The summed E-state index contributed by atoms with van der Waals surface area (Å²) in [7, 11) is -2.06. The average molecular weight is 375 g/mol. The molecule has 0 radical (unpaired) electrons. The third-order valence-electron chi connectivity index (χ3n) is 4.73. The molecule has 5 nitrogen and oxygen atoms in total. The Hall–Kier alpha value is -2.21. The number of sulfonamides is 1. The molecule has 0 aromatic heterocycles. The van der Waals surface area contributed by atoms with Gasteiger partial charge in [-0.05, 0) is 61.4 Å². The standard InChI is InChI=1S/C20H26N2O3S/c1-25-19-12-14-20(15-13-19)26(23,24)22-18-10-8-17(9-11-18)21-16-6-4-2-3-5-7-16/h8-16,21-22H,2-7H2,1H3. The zero-order valence-electron chi connectivity index (χ0n) is 15.1. The van der Waals surface area contributed by atoms with Crippen molar-refractivity contribution in [3.63, 3.8) is 0 Å². The first-order valence-electron chi connectivity index (χ1n) is 9.10. The van der Waals surface area contributed by atoms with Crippen LogP contribution in [0.1, 0.15) is 38.5 Å². The number of ether oxygens (including phenoxy) is 1. The molecular weight excluding hydrogens is 348 g/mol. The molecule has 0 unspecified atom stereocenters. The first kappa shape index (κ1) is 18.6. The lowest BCUT2D eigenvalue weighted by Gasteiger charge is -2.18. The average Bonchev–Trinajstić information content (AvgIpc) is 2.92. The summed E-state index contributed by atoms with van der Waals surface area (Å²) in [6, 6.07) is 14.3. The number of anilines is 2. The summed E-state index contributed by atoms with van der Waals surface area (Å²) < 4.78 is 32.6. The van der Waals surface area contributed by atoms with Crippen molar-refractivity contribution in [2.24, 2.45) is 0 Å². The van der Waals surface area contributed by atoms with Crippen molar-refractivity contribution in [1.29, 1.82) is 0 Å². The second kappa shape index (κ2) is 8.45. The van der Waals surface area contributed by atoms with Crippen LogP contribution >= 0.6 is 0 Å². The monoisotopic (exact) mass is 374 g/mol. The number of hydrogen-bond donors (Lipinski definition) is 2. The molecule has 0 atom stereocenters. The molecule has 1 saturated carbocycles. The van der Waals surface area contributed by atoms with E-state index in [1.54, 1.807) is 31.4 Å². The van der Waals surface area contributed by atoms with Crippen LogP contribution in [0.25, 0.3) is 0 Å². The molecule has 0 aliphatic heterocycles. The highest BCUT2D eigenvalue weighted by molar-refractivity contribution is 7.92. The third kappa shape index (κ3) is 4.91. The van der Waals surface area contributed by atoms with Crippen molar-refractivity contribution in [2.45, 2.75) is 49.5 Å². The van der Waals surface area contributed by atoms with Gasteiger partial charge in [0.2, 0.25) is 0 Å². The predicted molar refractivity (Wildman–Crippen MR) is 105 cm³/mol. The zero-order chi connectivity index (χ0) is 18.4. The van der Waals surface area contributed by atoms with Crippen LogP contribution in [0.4, 0.5) is 11.4 Å². The van der Waals surface area contributed by atoms with Crippen molar-refractivity contribution < 1.29 is 13.2 Å². The fraction of sp³-hybridized carbons (Fsp3) is 0.400. The van der Waals surface area contributed by atoms with Gasteiger partial charge in [-0.2, -0.15) is 0 Å². The molecule has 0 spiro atoms. The molecule has 6 heteroatoms. The van der Waals surface area contributed by atoms with E-state index in [1.807, 2.05) is 12.1 Å². The molecule has 0 saturated heterocycles. The highest BCUT2D eigenvalue weighted by Crippen LogP contribution is 2.23. The van der Waals surface area contributed by atoms with Gasteiger partial charge < -0.3 is 10.1 Å². The van der Waals surface area contributed by atoms with Crippen LogP contribution in [0.5, 0.6) is 5.75 Å². The predicted octanol–water partition coefficient (Wildman–Crippen LogP) is 4.63. The summed E-state index contributed by atoms with van der Waals surface area (Å²) in [6.45, 7) is 0. The van der Waals surface area contributed by atoms with Gasteiger partial charge in [-0.15, -0.1) is 0 Å². The Balaban J connectivity index is 1.64. The summed E-state index contributed by atoms with van der Waals surface area (Å²) in [6.07, 6.45) is 7.60. The van der Waals surface area contributed by atoms with Crippen LogP contribution in [0.2, 0.25) is 0 Å². The number of hydrogen-bond acceptors (Lipinski definition) is 4. The van der Waals surface area contributed by atoms with E-state index in [4.69, 9.17) is 4.74 Å². The van der Waals surface area contributed by atoms with Crippen LogP contribution in [-0.2, 0) is 10.0 Å². The zero-order valence-corrected chi connectivity index (χ0v) is 15.9. The number of benzene rings is 2. The SMILES string of the molecule is COc1ccc(S(=O)(=O)Nc2ccc(NC3CCCCCC3)cc2)cc1. The molecule has 0 heterocycles. The molecule has 0 bridgehead atoms. The number of nitrogens with one attached hydrogen (secondary N) is 2. The molecule has 0 amide bonds. The number of methoxy groups -OCH3 is 1. The molecule has 140 valence electrons. The molecule has 2 aromatic rings. The van der Waals surface area contributed by atoms with E-state index < -0.39 is 10.0 Å². The van der Waals surface area contributed by atoms with Crippen LogP contribution in [0, 0.1) is 0 Å². The normalized spacial score (nSPS) is 15.9. The van der Waals surface area contributed by atoms with E-state index >= 15 is 0 Å². The lowest BCUT2D eigenvalue weighted by atomic mass is 10.1. The van der Waals surface area contributed by atoms with Gasteiger partial charge >= 0.3 is 0 Å². The van der Waals surface area contributed by atoms with Gasteiger partial charge in [-0.1, -0.05) is 25.7 Å². The fourth-order valence-electron chi connectivity index (χ4n) is 3.26. The minimum absolute atomic E-state index is 0.207. The van der Waals surface area contributed by atoms with E-state index in [0.29, 0.717) is 17.5 Å². The molecule has 2 N–H and O–H groups in total. The van der Waals surface area contributed by atoms with Crippen molar-refractivity contribution in [2.75, 3.05) is 17.1 Å². The maximum absolute atomic E-state index is 12.5. The molecule has 1 fully saturated rings. The van der Waals surface area contributed by atoms with Crippen LogP contribution < -0.4 is 14.8 Å². The highest BCUT2D eigenvalue weighted by Gasteiger charge is 2.15. The second-order valence-electron chi connectivity index (χ2n) is 6.69. The largest absolute Gasteiger partial charge is 0.497 e. The van der Waals surface area contributed by atoms with Crippen molar-refractivity contribution in [1.82, 2.24) is 0 Å². The Morgan fingerprint density at radius 1 is 0.846 bits per heavy atom. The Labute approximate surface area is 155 Å².